The fraction of sp³-hybridized carbons (Fsp3) is 0.550. The minimum atomic E-state index is -3.60. The average molecular weight is 437 g/mol. The monoisotopic (exact) mass is 436 g/mol. The SMILES string of the molecule is CCc1nnc(NC(=O)C2CCN(S(=O)(=O)c3c(C)c(C)cc(C)c3C)CC2)s1. The molecule has 0 unspecified atom stereocenters. The molecule has 1 N–H and O–H groups in total. The van der Waals surface area contributed by atoms with Gasteiger partial charge >= 0.3 is 0 Å². The molecule has 0 bridgehead atoms. The zero-order valence-electron chi connectivity index (χ0n) is 17.6. The molecule has 0 spiro atoms. The third-order valence-corrected chi connectivity index (χ3v) is 8.88. The van der Waals surface area contributed by atoms with Gasteiger partial charge in [0.15, 0.2) is 0 Å². The van der Waals surface area contributed by atoms with Crippen LogP contribution in [0, 0.1) is 33.6 Å². The molecule has 0 aliphatic carbocycles. The van der Waals surface area contributed by atoms with Crippen molar-refractivity contribution in [3.05, 3.63) is 33.3 Å². The molecule has 29 heavy (non-hydrogen) atoms. The number of sulfonamides is 1. The maximum atomic E-state index is 13.3. The Morgan fingerprint density at radius 3 is 2.24 bits per heavy atom. The Morgan fingerprint density at radius 2 is 1.72 bits per heavy atom. The Bertz CT molecular complexity index is 996. The van der Waals surface area contributed by atoms with Crippen LogP contribution in [-0.2, 0) is 21.2 Å². The van der Waals surface area contributed by atoms with Crippen LogP contribution < -0.4 is 5.32 Å². The van der Waals surface area contributed by atoms with Crippen LogP contribution in [0.1, 0.15) is 47.0 Å². The standard InChI is InChI=1S/C20H28N4O3S2/c1-6-17-22-23-20(28-17)21-19(25)16-7-9-24(10-8-16)29(26,27)18-14(4)12(2)11-13(3)15(18)5/h11,16H,6-10H2,1-5H3,(H,21,23,25). The van der Waals surface area contributed by atoms with Gasteiger partial charge in [-0.05, 0) is 69.2 Å². The van der Waals surface area contributed by atoms with Crippen molar-refractivity contribution in [2.24, 2.45) is 5.92 Å². The van der Waals surface area contributed by atoms with Gasteiger partial charge in [-0.15, -0.1) is 10.2 Å². The number of aryl methyl sites for hydroxylation is 3. The summed E-state index contributed by atoms with van der Waals surface area (Å²) in [6, 6.07) is 2.03. The quantitative estimate of drug-likeness (QED) is 0.776. The Morgan fingerprint density at radius 1 is 1.14 bits per heavy atom. The van der Waals surface area contributed by atoms with Crippen molar-refractivity contribution in [1.29, 1.82) is 0 Å². The van der Waals surface area contributed by atoms with E-state index in [-0.39, 0.29) is 11.8 Å². The molecule has 9 heteroatoms. The predicted octanol–water partition coefficient (Wildman–Crippen LogP) is 3.37. The Hall–Kier alpha value is -1.84. The van der Waals surface area contributed by atoms with E-state index in [9.17, 15) is 13.2 Å². The molecular weight excluding hydrogens is 408 g/mol. The number of hydrogen-bond acceptors (Lipinski definition) is 6. The summed E-state index contributed by atoms with van der Waals surface area (Å²) in [5.41, 5.74) is 3.56. The number of rotatable bonds is 5. The highest BCUT2D eigenvalue weighted by Crippen LogP contribution is 2.31. The van der Waals surface area contributed by atoms with E-state index in [1.54, 1.807) is 0 Å². The highest BCUT2D eigenvalue weighted by molar-refractivity contribution is 7.89. The molecule has 0 radical (unpaired) electrons. The number of nitrogens with zero attached hydrogens (tertiary/aromatic N) is 3. The smallest absolute Gasteiger partial charge is 0.243 e. The fourth-order valence-corrected chi connectivity index (χ4v) is 6.44. The number of anilines is 1. The third-order valence-electron chi connectivity index (χ3n) is 5.72. The van der Waals surface area contributed by atoms with E-state index in [1.807, 2.05) is 40.7 Å². The van der Waals surface area contributed by atoms with Crippen molar-refractivity contribution in [3.8, 4) is 0 Å². The molecule has 2 aromatic rings. The molecule has 2 heterocycles. The molecule has 1 aromatic heterocycles. The van der Waals surface area contributed by atoms with Crippen molar-refractivity contribution in [1.82, 2.24) is 14.5 Å². The summed E-state index contributed by atoms with van der Waals surface area (Å²) in [6.07, 6.45) is 1.77. The number of carbonyl (C=O) groups excluding carboxylic acids is 1. The number of carbonyl (C=O) groups is 1. The first-order valence-corrected chi connectivity index (χ1v) is 12.1. The van der Waals surface area contributed by atoms with Crippen LogP contribution in [0.3, 0.4) is 0 Å². The summed E-state index contributed by atoms with van der Waals surface area (Å²) in [6.45, 7) is 10.3. The van der Waals surface area contributed by atoms with Gasteiger partial charge in [0.1, 0.15) is 5.01 Å². The molecule has 7 nitrogen and oxygen atoms in total. The second kappa shape index (κ2) is 8.49. The van der Waals surface area contributed by atoms with E-state index in [0.717, 1.165) is 33.7 Å². The lowest BCUT2D eigenvalue weighted by molar-refractivity contribution is -0.120. The second-order valence-corrected chi connectivity index (χ2v) is 10.5. The van der Waals surface area contributed by atoms with Crippen molar-refractivity contribution >= 4 is 32.4 Å². The topological polar surface area (TPSA) is 92.3 Å². The number of amides is 1. The summed E-state index contributed by atoms with van der Waals surface area (Å²) >= 11 is 1.37. The van der Waals surface area contributed by atoms with Crippen LogP contribution in [0.5, 0.6) is 0 Å². The fourth-order valence-electron chi connectivity index (χ4n) is 3.71. The maximum Gasteiger partial charge on any atom is 0.243 e. The van der Waals surface area contributed by atoms with Crippen LogP contribution >= 0.6 is 11.3 Å². The molecule has 1 aliphatic rings. The highest BCUT2D eigenvalue weighted by atomic mass is 32.2. The van der Waals surface area contributed by atoms with Gasteiger partial charge < -0.3 is 5.32 Å². The number of nitrogens with one attached hydrogen (secondary N) is 1. The molecule has 1 aliphatic heterocycles. The van der Waals surface area contributed by atoms with E-state index >= 15 is 0 Å². The minimum absolute atomic E-state index is 0.111. The normalized spacial score (nSPS) is 16.2. The van der Waals surface area contributed by atoms with Crippen LogP contribution in [0.4, 0.5) is 5.13 Å². The van der Waals surface area contributed by atoms with Gasteiger partial charge in [0.05, 0.1) is 4.90 Å². The van der Waals surface area contributed by atoms with Crippen molar-refractivity contribution in [2.45, 2.75) is 58.8 Å². The summed E-state index contributed by atoms with van der Waals surface area (Å²) in [5.74, 6) is -0.337. The summed E-state index contributed by atoms with van der Waals surface area (Å²) in [7, 11) is -3.60. The zero-order valence-corrected chi connectivity index (χ0v) is 19.2. The van der Waals surface area contributed by atoms with Crippen LogP contribution in [0.15, 0.2) is 11.0 Å². The summed E-state index contributed by atoms with van der Waals surface area (Å²) in [4.78, 5) is 13.0. The highest BCUT2D eigenvalue weighted by Gasteiger charge is 2.34. The molecule has 1 saturated heterocycles. The predicted molar refractivity (Wildman–Crippen MR) is 115 cm³/mol. The lowest BCUT2D eigenvalue weighted by Crippen LogP contribution is -2.41. The van der Waals surface area contributed by atoms with Gasteiger partial charge in [-0.25, -0.2) is 8.42 Å². The third kappa shape index (κ3) is 4.36. The second-order valence-electron chi connectivity index (χ2n) is 7.61. The van der Waals surface area contributed by atoms with Crippen LogP contribution in [0.25, 0.3) is 0 Å². The molecule has 3 rings (SSSR count). The molecule has 0 atom stereocenters. The maximum absolute atomic E-state index is 13.3. The summed E-state index contributed by atoms with van der Waals surface area (Å²) < 4.78 is 28.2. The average Bonchev–Trinajstić information content (AvgIpc) is 3.14. The molecule has 1 aromatic carbocycles. The van der Waals surface area contributed by atoms with E-state index in [4.69, 9.17) is 0 Å². The van der Waals surface area contributed by atoms with Crippen molar-refractivity contribution in [3.63, 3.8) is 0 Å². The van der Waals surface area contributed by atoms with Gasteiger partial charge in [0, 0.05) is 19.0 Å². The first-order chi connectivity index (χ1) is 13.6. The van der Waals surface area contributed by atoms with Gasteiger partial charge in [0.25, 0.3) is 0 Å². The van der Waals surface area contributed by atoms with Crippen LogP contribution in [-0.4, -0.2) is 41.9 Å². The van der Waals surface area contributed by atoms with E-state index in [2.05, 4.69) is 15.5 Å². The molecule has 1 fully saturated rings. The zero-order chi connectivity index (χ0) is 21.3. The van der Waals surface area contributed by atoms with Crippen molar-refractivity contribution in [2.75, 3.05) is 18.4 Å². The van der Waals surface area contributed by atoms with E-state index in [1.165, 1.54) is 15.6 Å². The lowest BCUT2D eigenvalue weighted by Gasteiger charge is -2.31. The first kappa shape index (κ1) is 21.9. The van der Waals surface area contributed by atoms with Gasteiger partial charge in [0.2, 0.25) is 21.1 Å². The molecule has 0 saturated carbocycles. The number of piperidine rings is 1. The van der Waals surface area contributed by atoms with Gasteiger partial charge in [-0.3, -0.25) is 4.79 Å². The van der Waals surface area contributed by atoms with E-state index in [0.29, 0.717) is 36.0 Å². The first-order valence-electron chi connectivity index (χ1n) is 9.86. The number of aromatic nitrogens is 2. The number of hydrogen-bond donors (Lipinski definition) is 1. The van der Waals surface area contributed by atoms with Gasteiger partial charge in [-0.2, -0.15) is 4.31 Å². The van der Waals surface area contributed by atoms with Crippen LogP contribution in [0.2, 0.25) is 0 Å². The Kier molecular flexibility index (Phi) is 6.40. The molecule has 1 amide bonds. The Balaban J connectivity index is 1.71. The van der Waals surface area contributed by atoms with E-state index < -0.39 is 10.0 Å². The minimum Gasteiger partial charge on any atom is -0.300 e. The largest absolute Gasteiger partial charge is 0.300 e. The van der Waals surface area contributed by atoms with Crippen molar-refractivity contribution < 1.29 is 13.2 Å². The number of benzene rings is 1. The Labute approximate surface area is 176 Å². The lowest BCUT2D eigenvalue weighted by atomic mass is 9.97. The van der Waals surface area contributed by atoms with Gasteiger partial charge in [-0.1, -0.05) is 24.3 Å². The summed E-state index contributed by atoms with van der Waals surface area (Å²) in [5, 5.41) is 12.2. The molecular formula is C20H28N4O3S2. The molecule has 158 valence electrons.